The fraction of sp³-hybridized carbons (Fsp3) is 0.667. The van der Waals surface area contributed by atoms with E-state index in [1.807, 2.05) is 6.07 Å². The van der Waals surface area contributed by atoms with Gasteiger partial charge in [0.2, 0.25) is 0 Å². The number of carbonyl (C=O) groups is 2. The predicted octanol–water partition coefficient (Wildman–Crippen LogP) is 2.74. The molecule has 6 heteroatoms. The number of hydrogen-bond acceptors (Lipinski definition) is 4. The minimum atomic E-state index is -0.671. The molecule has 6 nitrogen and oxygen atoms in total. The zero-order valence-corrected chi connectivity index (χ0v) is 18.5. The molecule has 0 saturated carbocycles. The van der Waals surface area contributed by atoms with E-state index in [0.29, 0.717) is 5.92 Å². The first-order chi connectivity index (χ1) is 14.5. The lowest BCUT2D eigenvalue weighted by atomic mass is 9.86. The normalized spacial score (nSPS) is 23.5. The van der Waals surface area contributed by atoms with Crippen LogP contribution in [0, 0.1) is 5.92 Å². The number of carbonyl (C=O) groups excluding carboxylic acids is 2. The minimum absolute atomic E-state index is 0.0255. The summed E-state index contributed by atoms with van der Waals surface area (Å²) < 4.78 is 0. The van der Waals surface area contributed by atoms with E-state index in [2.05, 4.69) is 53.2 Å². The number of amides is 3. The number of likely N-dealkylation sites (tertiary alicyclic amines) is 2. The van der Waals surface area contributed by atoms with Gasteiger partial charge in [0.25, 0.3) is 5.91 Å². The van der Waals surface area contributed by atoms with E-state index in [1.165, 1.54) is 5.56 Å². The molecule has 1 aromatic rings. The van der Waals surface area contributed by atoms with E-state index in [-0.39, 0.29) is 18.0 Å². The van der Waals surface area contributed by atoms with Crippen molar-refractivity contribution >= 4 is 11.9 Å². The number of hydrogen-bond donors (Lipinski definition) is 1. The van der Waals surface area contributed by atoms with Crippen LogP contribution in [0.25, 0.3) is 0 Å². The average molecular weight is 413 g/mol. The van der Waals surface area contributed by atoms with Gasteiger partial charge >= 0.3 is 6.03 Å². The molecule has 0 unspecified atom stereocenters. The highest BCUT2D eigenvalue weighted by atomic mass is 16.2. The molecule has 3 saturated heterocycles. The minimum Gasteiger partial charge on any atom is -0.323 e. The van der Waals surface area contributed by atoms with E-state index in [0.717, 1.165) is 71.4 Å². The second-order valence-electron chi connectivity index (χ2n) is 9.69. The van der Waals surface area contributed by atoms with Gasteiger partial charge in [0.05, 0.1) is 0 Å². The maximum Gasteiger partial charge on any atom is 0.325 e. The molecule has 0 aromatic heterocycles. The molecule has 0 radical (unpaired) electrons. The number of urea groups is 1. The molecule has 1 N–H and O–H groups in total. The Hall–Kier alpha value is -1.92. The van der Waals surface area contributed by atoms with Gasteiger partial charge in [-0.2, -0.15) is 0 Å². The van der Waals surface area contributed by atoms with E-state index >= 15 is 0 Å². The molecule has 30 heavy (non-hydrogen) atoms. The van der Waals surface area contributed by atoms with Crippen LogP contribution in [0.2, 0.25) is 0 Å². The highest BCUT2D eigenvalue weighted by molar-refractivity contribution is 6.07. The van der Waals surface area contributed by atoms with Gasteiger partial charge in [0, 0.05) is 45.3 Å². The van der Waals surface area contributed by atoms with Crippen molar-refractivity contribution in [3.8, 4) is 0 Å². The molecule has 3 aliphatic heterocycles. The smallest absolute Gasteiger partial charge is 0.323 e. The van der Waals surface area contributed by atoms with Gasteiger partial charge in [-0.3, -0.25) is 9.69 Å². The third-order valence-electron chi connectivity index (χ3n) is 7.01. The second-order valence-corrected chi connectivity index (χ2v) is 9.69. The van der Waals surface area contributed by atoms with Gasteiger partial charge < -0.3 is 15.1 Å². The first-order valence-corrected chi connectivity index (χ1v) is 11.6. The lowest BCUT2D eigenvalue weighted by Crippen LogP contribution is -2.55. The molecule has 3 fully saturated rings. The van der Waals surface area contributed by atoms with Gasteiger partial charge in [-0.05, 0) is 43.6 Å². The first-order valence-electron chi connectivity index (χ1n) is 11.6. The molecule has 4 rings (SSSR count). The SMILES string of the molecule is CC(C)CN1CCC(N2C(=O)NC3(CCN(CCc4ccccc4)CC3)C2=O)CC1. The fourth-order valence-electron chi connectivity index (χ4n) is 5.28. The van der Waals surface area contributed by atoms with E-state index in [4.69, 9.17) is 0 Å². The van der Waals surface area contributed by atoms with Gasteiger partial charge in [-0.25, -0.2) is 4.79 Å². The van der Waals surface area contributed by atoms with Crippen molar-refractivity contribution in [2.75, 3.05) is 39.3 Å². The fourth-order valence-corrected chi connectivity index (χ4v) is 5.28. The van der Waals surface area contributed by atoms with Crippen LogP contribution in [-0.2, 0) is 11.2 Å². The number of nitrogens with zero attached hydrogens (tertiary/aromatic N) is 3. The molecule has 3 heterocycles. The van der Waals surface area contributed by atoms with Gasteiger partial charge in [0.1, 0.15) is 5.54 Å². The van der Waals surface area contributed by atoms with E-state index in [9.17, 15) is 9.59 Å². The summed E-state index contributed by atoms with van der Waals surface area (Å²) in [5.74, 6) is 0.672. The number of benzene rings is 1. The molecular weight excluding hydrogens is 376 g/mol. The highest BCUT2D eigenvalue weighted by Crippen LogP contribution is 2.32. The first kappa shape index (κ1) is 21.3. The molecule has 1 spiro atoms. The standard InChI is InChI=1S/C24H36N4O2/c1-19(2)18-27-14-9-21(10-15-27)28-22(29)24(25-23(28)30)11-16-26(17-12-24)13-8-20-6-4-3-5-7-20/h3-7,19,21H,8-18H2,1-2H3,(H,25,30). The summed E-state index contributed by atoms with van der Waals surface area (Å²) in [6.45, 7) is 10.2. The number of nitrogens with one attached hydrogen (secondary N) is 1. The number of imide groups is 1. The Morgan fingerprint density at radius 3 is 2.30 bits per heavy atom. The Labute approximate surface area is 180 Å². The molecule has 3 amide bonds. The average Bonchev–Trinajstić information content (AvgIpc) is 2.98. The largest absolute Gasteiger partial charge is 0.325 e. The zero-order valence-electron chi connectivity index (χ0n) is 18.5. The molecule has 164 valence electrons. The maximum atomic E-state index is 13.3. The van der Waals surface area contributed by atoms with Crippen LogP contribution in [0.5, 0.6) is 0 Å². The zero-order chi connectivity index (χ0) is 21.1. The summed E-state index contributed by atoms with van der Waals surface area (Å²) in [5, 5.41) is 3.10. The molecular formula is C24H36N4O2. The maximum absolute atomic E-state index is 13.3. The van der Waals surface area contributed by atoms with Crippen molar-refractivity contribution in [3.63, 3.8) is 0 Å². The van der Waals surface area contributed by atoms with Crippen LogP contribution in [0.1, 0.15) is 45.1 Å². The lowest BCUT2D eigenvalue weighted by Gasteiger charge is -2.39. The van der Waals surface area contributed by atoms with E-state index < -0.39 is 5.54 Å². The molecule has 0 bridgehead atoms. The Morgan fingerprint density at radius 2 is 1.67 bits per heavy atom. The topological polar surface area (TPSA) is 55.9 Å². The van der Waals surface area contributed by atoms with Crippen LogP contribution in [-0.4, -0.2) is 77.5 Å². The second kappa shape index (κ2) is 9.06. The molecule has 1 aromatic carbocycles. The summed E-state index contributed by atoms with van der Waals surface area (Å²) in [5.41, 5.74) is 0.674. The molecule has 0 atom stereocenters. The highest BCUT2D eigenvalue weighted by Gasteiger charge is 2.54. The third kappa shape index (κ3) is 4.54. The summed E-state index contributed by atoms with van der Waals surface area (Å²) in [6.07, 6.45) is 4.25. The Balaban J connectivity index is 1.30. The van der Waals surface area contributed by atoms with Crippen LogP contribution in [0.4, 0.5) is 4.79 Å². The Kier molecular flexibility index (Phi) is 6.44. The van der Waals surface area contributed by atoms with Crippen molar-refractivity contribution in [2.24, 2.45) is 5.92 Å². The number of rotatable bonds is 6. The summed E-state index contributed by atoms with van der Waals surface area (Å²) in [6, 6.07) is 10.4. The Morgan fingerprint density at radius 1 is 1.00 bits per heavy atom. The molecule has 3 aliphatic rings. The van der Waals surface area contributed by atoms with Crippen LogP contribution in [0.15, 0.2) is 30.3 Å². The third-order valence-corrected chi connectivity index (χ3v) is 7.01. The predicted molar refractivity (Wildman–Crippen MR) is 118 cm³/mol. The van der Waals surface area contributed by atoms with Crippen molar-refractivity contribution in [2.45, 2.75) is 57.5 Å². The van der Waals surface area contributed by atoms with Crippen molar-refractivity contribution in [1.82, 2.24) is 20.0 Å². The Bertz CT molecular complexity index is 735. The lowest BCUT2D eigenvalue weighted by molar-refractivity contribution is -0.135. The summed E-state index contributed by atoms with van der Waals surface area (Å²) in [7, 11) is 0. The van der Waals surface area contributed by atoms with Gasteiger partial charge in [0.15, 0.2) is 0 Å². The van der Waals surface area contributed by atoms with Crippen LogP contribution >= 0.6 is 0 Å². The van der Waals surface area contributed by atoms with Crippen LogP contribution in [0.3, 0.4) is 0 Å². The summed E-state index contributed by atoms with van der Waals surface area (Å²) >= 11 is 0. The van der Waals surface area contributed by atoms with Crippen LogP contribution < -0.4 is 5.32 Å². The quantitative estimate of drug-likeness (QED) is 0.730. The molecule has 0 aliphatic carbocycles. The van der Waals surface area contributed by atoms with Crippen molar-refractivity contribution in [1.29, 1.82) is 0 Å². The summed E-state index contributed by atoms with van der Waals surface area (Å²) in [4.78, 5) is 32.6. The van der Waals surface area contributed by atoms with Crippen molar-refractivity contribution in [3.05, 3.63) is 35.9 Å². The number of piperidine rings is 2. The van der Waals surface area contributed by atoms with Crippen molar-refractivity contribution < 1.29 is 9.59 Å². The monoisotopic (exact) mass is 412 g/mol. The van der Waals surface area contributed by atoms with Gasteiger partial charge in [-0.15, -0.1) is 0 Å². The van der Waals surface area contributed by atoms with Gasteiger partial charge in [-0.1, -0.05) is 44.2 Å². The van der Waals surface area contributed by atoms with E-state index in [1.54, 1.807) is 4.90 Å².